The Balaban J connectivity index is 0.000000157. The minimum absolute atomic E-state index is 0.216. The molecule has 4 rings (SSSR count). The van der Waals surface area contributed by atoms with Crippen LogP contribution in [0.2, 0.25) is 0 Å². The summed E-state index contributed by atoms with van der Waals surface area (Å²) in [6, 6.07) is 15.9. The molecule has 0 radical (unpaired) electrons. The summed E-state index contributed by atoms with van der Waals surface area (Å²) in [6.45, 7) is 0.216. The summed E-state index contributed by atoms with van der Waals surface area (Å²) in [4.78, 5) is 0. The van der Waals surface area contributed by atoms with E-state index in [1.165, 1.54) is 37.7 Å². The predicted molar refractivity (Wildman–Crippen MR) is 113 cm³/mol. The molecule has 146 valence electrons. The largest absolute Gasteiger partial charge is 0.487 e. The lowest BCUT2D eigenvalue weighted by Gasteiger charge is -2.45. The maximum Gasteiger partial charge on any atom is 0.123 e. The normalized spacial score (nSPS) is 19.0. The lowest BCUT2D eigenvalue weighted by Crippen LogP contribution is -2.45. The molecule has 1 fully saturated rings. The summed E-state index contributed by atoms with van der Waals surface area (Å²) in [5.74, 6) is 1.11. The molecule has 2 aliphatic rings. The van der Waals surface area contributed by atoms with Gasteiger partial charge in [-0.15, -0.1) is 0 Å². The van der Waals surface area contributed by atoms with Crippen LogP contribution in [0, 0.1) is 0 Å². The highest BCUT2D eigenvalue weighted by Crippen LogP contribution is 2.45. The smallest absolute Gasteiger partial charge is 0.123 e. The summed E-state index contributed by atoms with van der Waals surface area (Å²) in [6.07, 6.45) is 6.28. The minimum atomic E-state index is -0.611. The van der Waals surface area contributed by atoms with Crippen molar-refractivity contribution in [3.63, 3.8) is 0 Å². The third-order valence-electron chi connectivity index (χ3n) is 5.51. The van der Waals surface area contributed by atoms with Gasteiger partial charge in [0.2, 0.25) is 0 Å². The van der Waals surface area contributed by atoms with Crippen LogP contribution in [0.1, 0.15) is 36.8 Å². The Bertz CT molecular complexity index is 734. The summed E-state index contributed by atoms with van der Waals surface area (Å²) in [5, 5.41) is 9.34. The highest BCUT2D eigenvalue weighted by Gasteiger charge is 2.41. The quantitative estimate of drug-likeness (QED) is 0.689. The lowest BCUT2D eigenvalue weighted by molar-refractivity contribution is -0.0249. The maximum atomic E-state index is 9.34. The summed E-state index contributed by atoms with van der Waals surface area (Å²) in [5.41, 5.74) is 13.7. The molecule has 0 aromatic heterocycles. The van der Waals surface area contributed by atoms with Gasteiger partial charge in [0.25, 0.3) is 0 Å². The van der Waals surface area contributed by atoms with Gasteiger partial charge in [-0.25, -0.2) is 0 Å². The van der Waals surface area contributed by atoms with Gasteiger partial charge in [-0.1, -0.05) is 46.3 Å². The molecular weight excluding hydrogens is 404 g/mol. The fraction of sp³-hybridized carbons (Fsp3) is 0.455. The molecule has 0 amide bonds. The van der Waals surface area contributed by atoms with Gasteiger partial charge in [-0.2, -0.15) is 0 Å². The van der Waals surface area contributed by atoms with Crippen molar-refractivity contribution in [2.24, 2.45) is 11.5 Å². The summed E-state index contributed by atoms with van der Waals surface area (Å²) < 4.78 is 7.25. The first-order valence-corrected chi connectivity index (χ1v) is 10.5. The molecule has 1 saturated carbocycles. The van der Waals surface area contributed by atoms with Crippen LogP contribution < -0.4 is 16.2 Å². The molecule has 2 unspecified atom stereocenters. The fourth-order valence-corrected chi connectivity index (χ4v) is 4.02. The molecule has 0 bridgehead atoms. The molecule has 27 heavy (non-hydrogen) atoms. The predicted octanol–water partition coefficient (Wildman–Crippen LogP) is 3.57. The number of rotatable bonds is 4. The van der Waals surface area contributed by atoms with Gasteiger partial charge >= 0.3 is 0 Å². The van der Waals surface area contributed by atoms with E-state index in [4.69, 9.17) is 16.2 Å². The van der Waals surface area contributed by atoms with Crippen molar-refractivity contribution in [3.8, 4) is 5.75 Å². The molecule has 4 nitrogen and oxygen atoms in total. The van der Waals surface area contributed by atoms with Crippen LogP contribution in [-0.2, 0) is 12.8 Å². The SMILES string of the molecule is Brc1ccc2c(c1)CCC1(CCC1)O2.NCC(O)C(N)Cc1ccccc1. The molecule has 2 aromatic rings. The number of hydrogen-bond donors (Lipinski definition) is 3. The lowest BCUT2D eigenvalue weighted by atomic mass is 9.74. The third-order valence-corrected chi connectivity index (χ3v) is 6.01. The van der Waals surface area contributed by atoms with E-state index < -0.39 is 6.10 Å². The average Bonchev–Trinajstić information content (AvgIpc) is 2.67. The number of hydrogen-bond acceptors (Lipinski definition) is 4. The van der Waals surface area contributed by atoms with Crippen LogP contribution in [0.25, 0.3) is 0 Å². The summed E-state index contributed by atoms with van der Waals surface area (Å²) >= 11 is 3.49. The number of aliphatic hydroxyl groups excluding tert-OH is 1. The van der Waals surface area contributed by atoms with E-state index in [0.29, 0.717) is 6.42 Å². The second kappa shape index (κ2) is 9.20. The van der Waals surface area contributed by atoms with Gasteiger partial charge in [0.05, 0.1) is 6.10 Å². The molecule has 0 saturated heterocycles. The monoisotopic (exact) mass is 432 g/mol. The maximum absolute atomic E-state index is 9.34. The van der Waals surface area contributed by atoms with Gasteiger partial charge in [0.1, 0.15) is 11.4 Å². The van der Waals surface area contributed by atoms with Crippen LogP contribution >= 0.6 is 15.9 Å². The Hall–Kier alpha value is -1.40. The van der Waals surface area contributed by atoms with E-state index >= 15 is 0 Å². The molecule has 1 aliphatic carbocycles. The number of fused-ring (bicyclic) bond motifs is 1. The van der Waals surface area contributed by atoms with Crippen LogP contribution in [0.4, 0.5) is 0 Å². The Morgan fingerprint density at radius 3 is 2.48 bits per heavy atom. The zero-order valence-electron chi connectivity index (χ0n) is 15.6. The first-order chi connectivity index (χ1) is 13.0. The second-order valence-electron chi connectivity index (χ2n) is 7.55. The molecule has 2 atom stereocenters. The summed E-state index contributed by atoms with van der Waals surface area (Å²) in [7, 11) is 0. The number of benzene rings is 2. The molecule has 1 spiro atoms. The Labute approximate surface area is 170 Å². The van der Waals surface area contributed by atoms with E-state index in [2.05, 4.69) is 34.1 Å². The van der Waals surface area contributed by atoms with Crippen LogP contribution in [-0.4, -0.2) is 29.4 Å². The molecule has 1 aliphatic heterocycles. The van der Waals surface area contributed by atoms with Gasteiger partial charge in [-0.05, 0) is 67.9 Å². The minimum Gasteiger partial charge on any atom is -0.487 e. The van der Waals surface area contributed by atoms with Crippen molar-refractivity contribution >= 4 is 15.9 Å². The Kier molecular flexibility index (Phi) is 6.93. The Morgan fingerprint density at radius 2 is 1.85 bits per heavy atom. The number of aliphatic hydroxyl groups is 1. The number of ether oxygens (including phenoxy) is 1. The van der Waals surface area contributed by atoms with Gasteiger partial charge < -0.3 is 21.3 Å². The van der Waals surface area contributed by atoms with E-state index in [1.807, 2.05) is 30.3 Å². The number of aryl methyl sites for hydroxylation is 1. The fourth-order valence-electron chi connectivity index (χ4n) is 3.61. The van der Waals surface area contributed by atoms with Crippen molar-refractivity contribution in [2.75, 3.05) is 6.54 Å². The first kappa shape index (κ1) is 20.3. The molecule has 2 aromatic carbocycles. The average molecular weight is 433 g/mol. The second-order valence-corrected chi connectivity index (χ2v) is 8.46. The van der Waals surface area contributed by atoms with Crippen molar-refractivity contribution < 1.29 is 9.84 Å². The van der Waals surface area contributed by atoms with Crippen LogP contribution in [0.5, 0.6) is 5.75 Å². The van der Waals surface area contributed by atoms with E-state index in [-0.39, 0.29) is 18.2 Å². The van der Waals surface area contributed by atoms with E-state index in [1.54, 1.807) is 0 Å². The van der Waals surface area contributed by atoms with E-state index in [0.717, 1.165) is 15.8 Å². The van der Waals surface area contributed by atoms with Crippen molar-refractivity contribution in [3.05, 3.63) is 64.1 Å². The van der Waals surface area contributed by atoms with Crippen LogP contribution in [0.3, 0.4) is 0 Å². The highest BCUT2D eigenvalue weighted by molar-refractivity contribution is 9.10. The topological polar surface area (TPSA) is 81.5 Å². The number of halogens is 1. The first-order valence-electron chi connectivity index (χ1n) is 9.66. The molecule has 5 N–H and O–H groups in total. The molecular formula is C22H29BrN2O2. The van der Waals surface area contributed by atoms with Gasteiger partial charge in [0.15, 0.2) is 0 Å². The van der Waals surface area contributed by atoms with Crippen molar-refractivity contribution in [2.45, 2.75) is 56.3 Å². The highest BCUT2D eigenvalue weighted by atomic mass is 79.9. The zero-order valence-corrected chi connectivity index (χ0v) is 17.2. The van der Waals surface area contributed by atoms with Crippen LogP contribution in [0.15, 0.2) is 53.0 Å². The Morgan fingerprint density at radius 1 is 1.11 bits per heavy atom. The van der Waals surface area contributed by atoms with Gasteiger partial charge in [0, 0.05) is 17.1 Å². The zero-order chi connectivity index (χ0) is 19.3. The molecule has 5 heteroatoms. The molecule has 1 heterocycles. The third kappa shape index (κ3) is 5.32. The standard InChI is InChI=1S/C12H13BrO.C10H16N2O/c13-10-2-3-11-9(8-10)4-7-12(14-11)5-1-6-12;11-7-10(13)9(12)6-8-4-2-1-3-5-8/h2-3,8H,1,4-7H2;1-5,9-10,13H,6-7,11-12H2. The van der Waals surface area contributed by atoms with Crippen molar-refractivity contribution in [1.29, 1.82) is 0 Å². The van der Waals surface area contributed by atoms with Crippen molar-refractivity contribution in [1.82, 2.24) is 0 Å². The van der Waals surface area contributed by atoms with E-state index in [9.17, 15) is 5.11 Å². The van der Waals surface area contributed by atoms with Gasteiger partial charge in [-0.3, -0.25) is 0 Å². The number of nitrogens with two attached hydrogens (primary N) is 2.